The number of thiazole rings is 1. The summed E-state index contributed by atoms with van der Waals surface area (Å²) in [4.78, 5) is 5.17. The van der Waals surface area contributed by atoms with Crippen molar-refractivity contribution in [3.8, 4) is 0 Å². The molecule has 0 aliphatic rings. The van der Waals surface area contributed by atoms with Gasteiger partial charge in [0.2, 0.25) is 0 Å². The van der Waals surface area contributed by atoms with E-state index in [1.165, 1.54) is 4.88 Å². The number of aromatic nitrogens is 1. The van der Waals surface area contributed by atoms with Gasteiger partial charge in [-0.25, -0.2) is 0 Å². The van der Waals surface area contributed by atoms with E-state index >= 15 is 0 Å². The number of nitrogens with one attached hydrogen (secondary N) is 1. The summed E-state index contributed by atoms with van der Waals surface area (Å²) in [5.74, 6) is 0. The van der Waals surface area contributed by atoms with Gasteiger partial charge in [0.15, 0.2) is 0 Å². The molecule has 13 heavy (non-hydrogen) atoms. The summed E-state index contributed by atoms with van der Waals surface area (Å²) in [6.45, 7) is 6.35. The van der Waals surface area contributed by atoms with Crippen molar-refractivity contribution < 1.29 is 5.11 Å². The quantitative estimate of drug-likeness (QED) is 0.772. The third-order valence-electron chi connectivity index (χ3n) is 2.13. The molecule has 0 saturated carbocycles. The minimum absolute atomic E-state index is 0.0783. The van der Waals surface area contributed by atoms with Crippen LogP contribution in [-0.4, -0.2) is 21.7 Å². The van der Waals surface area contributed by atoms with Gasteiger partial charge >= 0.3 is 0 Å². The monoisotopic (exact) mass is 200 g/mol. The zero-order chi connectivity index (χ0) is 9.90. The first-order valence-corrected chi connectivity index (χ1v) is 5.21. The zero-order valence-corrected chi connectivity index (χ0v) is 9.06. The average Bonchev–Trinajstić information content (AvgIpc) is 2.50. The Kier molecular flexibility index (Phi) is 3.41. The number of hydrogen-bond acceptors (Lipinski definition) is 4. The topological polar surface area (TPSA) is 45.2 Å². The van der Waals surface area contributed by atoms with Crippen LogP contribution in [0.1, 0.15) is 25.6 Å². The van der Waals surface area contributed by atoms with Crippen molar-refractivity contribution in [1.82, 2.24) is 10.3 Å². The molecule has 2 N–H and O–H groups in total. The molecule has 1 atom stereocenters. The molecular weight excluding hydrogens is 184 g/mol. The highest BCUT2D eigenvalue weighted by Crippen LogP contribution is 2.10. The fraction of sp³-hybridized carbons (Fsp3) is 0.667. The molecule has 0 spiro atoms. The van der Waals surface area contributed by atoms with Gasteiger partial charge in [-0.2, -0.15) is 0 Å². The molecular formula is C9H16N2OS. The summed E-state index contributed by atoms with van der Waals surface area (Å²) >= 11 is 1.62. The number of hydrogen-bond donors (Lipinski definition) is 2. The maximum absolute atomic E-state index is 9.64. The second kappa shape index (κ2) is 4.17. The van der Waals surface area contributed by atoms with Crippen LogP contribution in [0.15, 0.2) is 11.7 Å². The van der Waals surface area contributed by atoms with Gasteiger partial charge in [-0.3, -0.25) is 4.98 Å². The molecule has 0 aliphatic heterocycles. The Hall–Kier alpha value is -0.450. The van der Waals surface area contributed by atoms with E-state index in [-0.39, 0.29) is 6.04 Å². The molecule has 0 fully saturated rings. The van der Waals surface area contributed by atoms with Gasteiger partial charge in [-0.05, 0) is 20.8 Å². The maximum Gasteiger partial charge on any atom is 0.0794 e. The van der Waals surface area contributed by atoms with Gasteiger partial charge in [-0.15, -0.1) is 11.3 Å². The predicted molar refractivity (Wildman–Crippen MR) is 54.7 cm³/mol. The van der Waals surface area contributed by atoms with Crippen LogP contribution in [0.4, 0.5) is 0 Å². The molecule has 0 aliphatic carbocycles. The van der Waals surface area contributed by atoms with Gasteiger partial charge in [0, 0.05) is 23.7 Å². The molecule has 0 saturated heterocycles. The molecule has 0 radical (unpaired) electrons. The predicted octanol–water partition coefficient (Wildman–Crippen LogP) is 1.39. The molecule has 0 bridgehead atoms. The molecule has 1 aromatic heterocycles. The van der Waals surface area contributed by atoms with Gasteiger partial charge in [0.05, 0.1) is 11.1 Å². The Morgan fingerprint density at radius 2 is 2.38 bits per heavy atom. The van der Waals surface area contributed by atoms with E-state index in [0.717, 1.165) is 6.54 Å². The van der Waals surface area contributed by atoms with Crippen LogP contribution in [-0.2, 0) is 6.54 Å². The van der Waals surface area contributed by atoms with E-state index in [0.29, 0.717) is 0 Å². The molecule has 0 aromatic carbocycles. The summed E-state index contributed by atoms with van der Waals surface area (Å²) in [5, 5.41) is 12.9. The first-order chi connectivity index (χ1) is 6.00. The summed E-state index contributed by atoms with van der Waals surface area (Å²) in [6, 6.07) is 0.0783. The highest BCUT2D eigenvalue weighted by atomic mass is 32.1. The molecule has 1 aromatic rings. The van der Waals surface area contributed by atoms with E-state index in [1.807, 2.05) is 18.6 Å². The van der Waals surface area contributed by atoms with Crippen LogP contribution >= 0.6 is 11.3 Å². The SMILES string of the molecule is CC(NCc1cncs1)C(C)(C)O. The summed E-state index contributed by atoms with van der Waals surface area (Å²) in [5.41, 5.74) is 1.14. The second-order valence-electron chi connectivity index (χ2n) is 3.72. The lowest BCUT2D eigenvalue weighted by atomic mass is 10.0. The maximum atomic E-state index is 9.64. The van der Waals surface area contributed by atoms with Crippen molar-refractivity contribution >= 4 is 11.3 Å². The number of aliphatic hydroxyl groups is 1. The summed E-state index contributed by atoms with van der Waals surface area (Å²) in [6.07, 6.45) is 1.84. The van der Waals surface area contributed by atoms with Crippen LogP contribution in [0.5, 0.6) is 0 Å². The first kappa shape index (κ1) is 10.6. The number of nitrogens with zero attached hydrogens (tertiary/aromatic N) is 1. The highest BCUT2D eigenvalue weighted by molar-refractivity contribution is 7.09. The van der Waals surface area contributed by atoms with E-state index in [4.69, 9.17) is 0 Å². The van der Waals surface area contributed by atoms with Gasteiger partial charge in [0.1, 0.15) is 0 Å². The van der Waals surface area contributed by atoms with E-state index in [1.54, 1.807) is 25.2 Å². The third kappa shape index (κ3) is 3.42. The molecule has 0 amide bonds. The van der Waals surface area contributed by atoms with Crippen molar-refractivity contribution in [3.63, 3.8) is 0 Å². The molecule has 4 heteroatoms. The normalized spacial score (nSPS) is 14.5. The average molecular weight is 200 g/mol. The molecule has 1 unspecified atom stereocenters. The van der Waals surface area contributed by atoms with Gasteiger partial charge in [0.25, 0.3) is 0 Å². The lowest BCUT2D eigenvalue weighted by Crippen LogP contribution is -2.43. The smallest absolute Gasteiger partial charge is 0.0794 e. The fourth-order valence-corrected chi connectivity index (χ4v) is 1.38. The Balaban J connectivity index is 2.35. The number of rotatable bonds is 4. The Bertz CT molecular complexity index is 241. The van der Waals surface area contributed by atoms with Crippen molar-refractivity contribution in [2.75, 3.05) is 0 Å². The van der Waals surface area contributed by atoms with E-state index in [9.17, 15) is 5.11 Å². The molecule has 74 valence electrons. The van der Waals surface area contributed by atoms with E-state index < -0.39 is 5.60 Å². The largest absolute Gasteiger partial charge is 0.389 e. The lowest BCUT2D eigenvalue weighted by Gasteiger charge is -2.26. The Morgan fingerprint density at radius 3 is 2.85 bits per heavy atom. The van der Waals surface area contributed by atoms with Crippen molar-refractivity contribution in [2.24, 2.45) is 0 Å². The Morgan fingerprint density at radius 1 is 1.69 bits per heavy atom. The summed E-state index contributed by atoms with van der Waals surface area (Å²) in [7, 11) is 0. The molecule has 1 heterocycles. The van der Waals surface area contributed by atoms with Crippen LogP contribution in [0, 0.1) is 0 Å². The lowest BCUT2D eigenvalue weighted by molar-refractivity contribution is 0.0438. The Labute approximate surface area is 82.8 Å². The minimum atomic E-state index is -0.676. The zero-order valence-electron chi connectivity index (χ0n) is 8.24. The molecule has 3 nitrogen and oxygen atoms in total. The minimum Gasteiger partial charge on any atom is -0.389 e. The van der Waals surface area contributed by atoms with Crippen LogP contribution in [0.2, 0.25) is 0 Å². The van der Waals surface area contributed by atoms with Crippen molar-refractivity contribution in [3.05, 3.63) is 16.6 Å². The summed E-state index contributed by atoms with van der Waals surface area (Å²) < 4.78 is 0. The van der Waals surface area contributed by atoms with Crippen LogP contribution in [0.3, 0.4) is 0 Å². The van der Waals surface area contributed by atoms with E-state index in [2.05, 4.69) is 10.3 Å². The van der Waals surface area contributed by atoms with Crippen LogP contribution in [0.25, 0.3) is 0 Å². The first-order valence-electron chi connectivity index (χ1n) is 4.33. The van der Waals surface area contributed by atoms with Gasteiger partial charge in [-0.1, -0.05) is 0 Å². The highest BCUT2D eigenvalue weighted by Gasteiger charge is 2.21. The van der Waals surface area contributed by atoms with Crippen molar-refractivity contribution in [1.29, 1.82) is 0 Å². The van der Waals surface area contributed by atoms with Crippen LogP contribution < -0.4 is 5.32 Å². The second-order valence-corrected chi connectivity index (χ2v) is 4.69. The fourth-order valence-electron chi connectivity index (χ4n) is 0.833. The standard InChI is InChI=1S/C9H16N2OS/c1-7(9(2,3)12)11-5-8-4-10-6-13-8/h4,6-7,11-12H,5H2,1-3H3. The van der Waals surface area contributed by atoms with Gasteiger partial charge < -0.3 is 10.4 Å². The molecule has 1 rings (SSSR count). The van der Waals surface area contributed by atoms with Crippen molar-refractivity contribution in [2.45, 2.75) is 39.0 Å². The third-order valence-corrected chi connectivity index (χ3v) is 2.91.